The van der Waals surface area contributed by atoms with Gasteiger partial charge in [-0.1, -0.05) is 6.92 Å². The van der Waals surface area contributed by atoms with Gasteiger partial charge in [-0.15, -0.1) is 0 Å². The van der Waals surface area contributed by atoms with Gasteiger partial charge in [0, 0.05) is 24.2 Å². The van der Waals surface area contributed by atoms with Crippen LogP contribution in [-0.4, -0.2) is 39.5 Å². The maximum Gasteiger partial charge on any atom is 0.251 e. The molecule has 6 nitrogen and oxygen atoms in total. The van der Waals surface area contributed by atoms with Gasteiger partial charge in [-0.3, -0.25) is 4.79 Å². The molecule has 1 fully saturated rings. The zero-order chi connectivity index (χ0) is 16.9. The lowest BCUT2D eigenvalue weighted by atomic mass is 10.1. The molecular weight excluding hydrogens is 314 g/mol. The zero-order valence-electron chi connectivity index (χ0n) is 13.6. The second-order valence-electron chi connectivity index (χ2n) is 5.97. The molecule has 1 aliphatic heterocycles. The highest BCUT2D eigenvalue weighted by Crippen LogP contribution is 2.12. The Morgan fingerprint density at radius 1 is 1.35 bits per heavy atom. The molecule has 1 aromatic rings. The Morgan fingerprint density at radius 3 is 2.61 bits per heavy atom. The van der Waals surface area contributed by atoms with E-state index >= 15 is 0 Å². The van der Waals surface area contributed by atoms with E-state index < -0.39 is 10.0 Å². The van der Waals surface area contributed by atoms with Crippen LogP contribution >= 0.6 is 0 Å². The molecule has 2 rings (SSSR count). The van der Waals surface area contributed by atoms with Gasteiger partial charge in [0.2, 0.25) is 10.0 Å². The summed E-state index contributed by atoms with van der Waals surface area (Å²) in [5.74, 6) is -0.169. The van der Waals surface area contributed by atoms with Crippen molar-refractivity contribution < 1.29 is 13.2 Å². The predicted molar refractivity (Wildman–Crippen MR) is 89.9 cm³/mol. The fourth-order valence-electron chi connectivity index (χ4n) is 2.45. The topological polar surface area (TPSA) is 87.3 Å². The van der Waals surface area contributed by atoms with Crippen molar-refractivity contribution in [3.05, 3.63) is 29.8 Å². The molecule has 2 unspecified atom stereocenters. The number of rotatable bonds is 6. The molecule has 0 aromatic heterocycles. The van der Waals surface area contributed by atoms with Crippen LogP contribution in [-0.2, 0) is 10.0 Å². The molecule has 128 valence electrons. The van der Waals surface area contributed by atoms with Gasteiger partial charge >= 0.3 is 0 Å². The van der Waals surface area contributed by atoms with Gasteiger partial charge < -0.3 is 10.6 Å². The van der Waals surface area contributed by atoms with Crippen molar-refractivity contribution in [1.82, 2.24) is 15.4 Å². The number of hydrogen-bond acceptors (Lipinski definition) is 4. The van der Waals surface area contributed by atoms with Gasteiger partial charge in [0.05, 0.1) is 4.90 Å². The quantitative estimate of drug-likeness (QED) is 0.728. The third-order valence-corrected chi connectivity index (χ3v) is 5.63. The highest BCUT2D eigenvalue weighted by atomic mass is 32.2. The Kier molecular flexibility index (Phi) is 6.15. The molecule has 1 amide bonds. The van der Waals surface area contributed by atoms with Crippen LogP contribution in [0.2, 0.25) is 0 Å². The minimum Gasteiger partial charge on any atom is -0.348 e. The second kappa shape index (κ2) is 7.90. The number of sulfonamides is 1. The van der Waals surface area contributed by atoms with Gasteiger partial charge in [0.15, 0.2) is 0 Å². The highest BCUT2D eigenvalue weighted by Gasteiger charge is 2.19. The third-order valence-electron chi connectivity index (χ3n) is 4.03. The summed E-state index contributed by atoms with van der Waals surface area (Å²) in [6.45, 7) is 5.50. The zero-order valence-corrected chi connectivity index (χ0v) is 14.4. The lowest BCUT2D eigenvalue weighted by Gasteiger charge is -2.23. The largest absolute Gasteiger partial charge is 0.348 e. The number of hydrogen-bond donors (Lipinski definition) is 3. The van der Waals surface area contributed by atoms with Crippen LogP contribution in [0.5, 0.6) is 0 Å². The monoisotopic (exact) mass is 339 g/mol. The fraction of sp³-hybridized carbons (Fsp3) is 0.562. The van der Waals surface area contributed by atoms with Crippen LogP contribution in [0, 0.1) is 0 Å². The van der Waals surface area contributed by atoms with Crippen molar-refractivity contribution in [1.29, 1.82) is 0 Å². The second-order valence-corrected chi connectivity index (χ2v) is 7.69. The summed E-state index contributed by atoms with van der Waals surface area (Å²) in [4.78, 5) is 12.4. The van der Waals surface area contributed by atoms with Gasteiger partial charge in [0.25, 0.3) is 5.91 Å². The molecule has 7 heteroatoms. The molecular formula is C16H25N3O3S. The molecule has 0 saturated carbocycles. The first-order valence-electron chi connectivity index (χ1n) is 8.06. The van der Waals surface area contributed by atoms with Crippen LogP contribution < -0.4 is 15.4 Å². The SMILES string of the molecule is CCC(C)NS(=O)(=O)c1ccc(C(=O)NC2CCCNC2)cc1. The Hall–Kier alpha value is -1.44. The van der Waals surface area contributed by atoms with Crippen LogP contribution in [0.1, 0.15) is 43.5 Å². The van der Waals surface area contributed by atoms with Crippen molar-refractivity contribution in [3.8, 4) is 0 Å². The molecule has 0 bridgehead atoms. The molecule has 1 aliphatic rings. The number of nitrogens with one attached hydrogen (secondary N) is 3. The molecule has 23 heavy (non-hydrogen) atoms. The minimum atomic E-state index is -3.53. The van der Waals surface area contributed by atoms with E-state index in [1.165, 1.54) is 12.1 Å². The van der Waals surface area contributed by atoms with E-state index in [2.05, 4.69) is 15.4 Å². The van der Waals surface area contributed by atoms with Crippen molar-refractivity contribution in [3.63, 3.8) is 0 Å². The Labute approximate surface area is 138 Å². The van der Waals surface area contributed by atoms with Crippen molar-refractivity contribution in [2.24, 2.45) is 0 Å². The molecule has 1 aromatic carbocycles. The first kappa shape index (κ1) is 17.9. The predicted octanol–water partition coefficient (Wildman–Crippen LogP) is 1.25. The average Bonchev–Trinajstić information content (AvgIpc) is 2.55. The van der Waals surface area contributed by atoms with Crippen molar-refractivity contribution in [2.45, 2.75) is 50.1 Å². The van der Waals surface area contributed by atoms with Gasteiger partial charge in [-0.2, -0.15) is 0 Å². The first-order chi connectivity index (χ1) is 10.9. The Morgan fingerprint density at radius 2 is 2.04 bits per heavy atom. The lowest BCUT2D eigenvalue weighted by molar-refractivity contribution is 0.0930. The molecule has 1 heterocycles. The first-order valence-corrected chi connectivity index (χ1v) is 9.54. The number of benzene rings is 1. The van der Waals surface area contributed by atoms with Crippen molar-refractivity contribution >= 4 is 15.9 Å². The number of piperidine rings is 1. The summed E-state index contributed by atoms with van der Waals surface area (Å²) in [6, 6.07) is 6.05. The molecule has 2 atom stereocenters. The maximum atomic E-state index is 12.2. The third kappa shape index (κ3) is 5.02. The summed E-state index contributed by atoms with van der Waals surface area (Å²) in [5, 5.41) is 6.21. The van der Waals surface area contributed by atoms with Crippen LogP contribution in [0.25, 0.3) is 0 Å². The molecule has 3 N–H and O–H groups in total. The van der Waals surface area contributed by atoms with E-state index in [0.29, 0.717) is 5.56 Å². The van der Waals surface area contributed by atoms with Gasteiger partial charge in [0.1, 0.15) is 0 Å². The van der Waals surface area contributed by atoms with E-state index in [0.717, 1.165) is 32.4 Å². The van der Waals surface area contributed by atoms with E-state index in [9.17, 15) is 13.2 Å². The van der Waals surface area contributed by atoms with Crippen molar-refractivity contribution in [2.75, 3.05) is 13.1 Å². The van der Waals surface area contributed by atoms with Crippen LogP contribution in [0.4, 0.5) is 0 Å². The van der Waals surface area contributed by atoms with Gasteiger partial charge in [-0.05, 0) is 57.0 Å². The highest BCUT2D eigenvalue weighted by molar-refractivity contribution is 7.89. The summed E-state index contributed by atoms with van der Waals surface area (Å²) in [7, 11) is -3.53. The molecule has 0 spiro atoms. The fourth-order valence-corrected chi connectivity index (χ4v) is 3.77. The van der Waals surface area contributed by atoms with E-state index in [1.807, 2.05) is 13.8 Å². The maximum absolute atomic E-state index is 12.2. The van der Waals surface area contributed by atoms with E-state index in [4.69, 9.17) is 0 Å². The standard InChI is InChI=1S/C16H25N3O3S/c1-3-12(2)19-23(21,22)15-8-6-13(7-9-15)16(20)18-14-5-4-10-17-11-14/h6-9,12,14,17,19H,3-5,10-11H2,1-2H3,(H,18,20). The summed E-state index contributed by atoms with van der Waals surface area (Å²) in [5.41, 5.74) is 0.470. The number of carbonyl (C=O) groups excluding carboxylic acids is 1. The Balaban J connectivity index is 2.02. The average molecular weight is 339 g/mol. The molecule has 0 radical (unpaired) electrons. The normalized spacial score (nSPS) is 20.0. The summed E-state index contributed by atoms with van der Waals surface area (Å²) < 4.78 is 27.0. The lowest BCUT2D eigenvalue weighted by Crippen LogP contribution is -2.45. The van der Waals surface area contributed by atoms with Gasteiger partial charge in [-0.25, -0.2) is 13.1 Å². The van der Waals surface area contributed by atoms with E-state index in [-0.39, 0.29) is 22.9 Å². The minimum absolute atomic E-state index is 0.123. The summed E-state index contributed by atoms with van der Waals surface area (Å²) in [6.07, 6.45) is 2.72. The number of carbonyl (C=O) groups is 1. The van der Waals surface area contributed by atoms with E-state index in [1.54, 1.807) is 12.1 Å². The smallest absolute Gasteiger partial charge is 0.251 e. The van der Waals surface area contributed by atoms with Crippen LogP contribution in [0.3, 0.4) is 0 Å². The Bertz CT molecular complexity index is 622. The molecule has 1 saturated heterocycles. The number of amides is 1. The summed E-state index contributed by atoms with van der Waals surface area (Å²) >= 11 is 0. The molecule has 0 aliphatic carbocycles. The van der Waals surface area contributed by atoms with Crippen LogP contribution in [0.15, 0.2) is 29.2 Å².